The van der Waals surface area contributed by atoms with E-state index < -0.39 is 33.5 Å². The van der Waals surface area contributed by atoms with E-state index in [1.54, 1.807) is 0 Å². The van der Waals surface area contributed by atoms with Crippen LogP contribution in [0.5, 0.6) is 0 Å². The van der Waals surface area contributed by atoms with Crippen LogP contribution in [0.15, 0.2) is 0 Å². The maximum absolute atomic E-state index is 8.63. The van der Waals surface area contributed by atoms with E-state index in [0.717, 1.165) is 0 Å². The molecule has 0 aliphatic heterocycles. The summed E-state index contributed by atoms with van der Waals surface area (Å²) in [5.41, 5.74) is 0. The molecule has 0 unspecified atom stereocenters. The minimum atomic E-state index is -6.02. The van der Waals surface area contributed by atoms with E-state index >= 15 is 0 Å². The first-order valence-electron chi connectivity index (χ1n) is 1.33. The summed E-state index contributed by atoms with van der Waals surface area (Å²) >= 11 is -12.0. The molecule has 0 atom stereocenters. The Morgan fingerprint density at radius 2 is 0.615 bits per heavy atom. The molecular formula is Mo2Na2O8Zn. The van der Waals surface area contributed by atoms with Crippen molar-refractivity contribution in [2.24, 2.45) is 0 Å². The normalized spacial score (nSPS) is 8.92. The monoisotopic (exact) mass is 434 g/mol. The van der Waals surface area contributed by atoms with Crippen LogP contribution in [-0.4, -0.2) is 0 Å². The van der Waals surface area contributed by atoms with E-state index in [1.807, 2.05) is 0 Å². The molecule has 0 aliphatic rings. The first-order valence-corrected chi connectivity index (χ1v) is 7.89. The Hall–Kier alpha value is 3.04. The summed E-state index contributed by atoms with van der Waals surface area (Å²) in [5, 5.41) is 0. The van der Waals surface area contributed by atoms with E-state index in [2.05, 4.69) is 0 Å². The van der Waals surface area contributed by atoms with Crippen LogP contribution in [0.3, 0.4) is 0 Å². The van der Waals surface area contributed by atoms with Gasteiger partial charge in [-0.25, -0.2) is 0 Å². The minimum absolute atomic E-state index is 0. The predicted octanol–water partition coefficient (Wildman–Crippen LogP) is -11.2. The molecule has 0 spiro atoms. The van der Waals surface area contributed by atoms with Crippen LogP contribution in [0.4, 0.5) is 0 Å². The third-order valence-electron chi connectivity index (χ3n) is 0. The molecular weight excluding hydrogens is 431 g/mol. The second-order valence-electron chi connectivity index (χ2n) is 0.816. The maximum Gasteiger partial charge on any atom is 2.00 e. The fourth-order valence-electron chi connectivity index (χ4n) is 0. The van der Waals surface area contributed by atoms with Crippen LogP contribution >= 0.6 is 0 Å². The molecule has 0 saturated heterocycles. The van der Waals surface area contributed by atoms with Crippen LogP contribution in [0.2, 0.25) is 0 Å². The molecule has 0 heterocycles. The molecule has 0 saturated carbocycles. The van der Waals surface area contributed by atoms with Gasteiger partial charge in [-0.2, -0.15) is 0 Å². The molecule has 8 nitrogen and oxygen atoms in total. The van der Waals surface area contributed by atoms with Crippen LogP contribution in [-0.2, 0) is 66.6 Å². The van der Waals surface area contributed by atoms with Crippen molar-refractivity contribution in [3.63, 3.8) is 0 Å². The second-order valence-corrected chi connectivity index (χ2v) is 4.83. The van der Waals surface area contributed by atoms with Gasteiger partial charge in [0.15, 0.2) is 0 Å². The van der Waals surface area contributed by atoms with Crippen molar-refractivity contribution < 1.29 is 141 Å². The maximum atomic E-state index is 8.63. The molecule has 13 heavy (non-hydrogen) atoms. The molecule has 0 aromatic rings. The van der Waals surface area contributed by atoms with E-state index in [9.17, 15) is 0 Å². The molecule has 0 fully saturated rings. The second kappa shape index (κ2) is 13.1. The number of hydrogen-bond donors (Lipinski definition) is 0. The summed E-state index contributed by atoms with van der Waals surface area (Å²) in [6.45, 7) is 0. The summed E-state index contributed by atoms with van der Waals surface area (Å²) < 4.78 is 69.0. The summed E-state index contributed by atoms with van der Waals surface area (Å²) in [5.74, 6) is 0. The predicted molar refractivity (Wildman–Crippen MR) is 2.75 cm³/mol. The van der Waals surface area contributed by atoms with Gasteiger partial charge in [-0.1, -0.05) is 0 Å². The number of rotatable bonds is 0. The fraction of sp³-hybridized carbons (Fsp3) is 0. The summed E-state index contributed by atoms with van der Waals surface area (Å²) in [6.07, 6.45) is 0. The molecule has 64 valence electrons. The zero-order chi connectivity index (χ0) is 9.00. The summed E-state index contributed by atoms with van der Waals surface area (Å²) in [6, 6.07) is 0. The molecule has 0 bridgehead atoms. The standard InChI is InChI=1S/2Mo.2Na.8O.Zn/q;;2*+1;;;;;4*-1;+2. The van der Waals surface area contributed by atoms with Gasteiger partial charge in [0.2, 0.25) is 0 Å². The Bertz CT molecular complexity index is 217. The molecule has 0 aromatic heterocycles. The third kappa shape index (κ3) is 277. The SMILES string of the molecule is [Na+].[Na+].[O]=[Mo](=[O])([O-])[O-].[O]=[Mo](=[O])([O-])[O-].[Zn+2]. The van der Waals surface area contributed by atoms with Crippen molar-refractivity contribution >= 4 is 0 Å². The third-order valence-corrected chi connectivity index (χ3v) is 0. The molecule has 13 heteroatoms. The van der Waals surface area contributed by atoms with Crippen molar-refractivity contribution in [2.45, 2.75) is 0 Å². The largest absolute Gasteiger partial charge is 2.00 e. The van der Waals surface area contributed by atoms with E-state index in [4.69, 9.17) is 28.6 Å². The Balaban J connectivity index is -0.0000000267. The average molecular weight is 431 g/mol. The molecule has 0 aromatic carbocycles. The van der Waals surface area contributed by atoms with E-state index in [0.29, 0.717) is 0 Å². The topological polar surface area (TPSA) is 161 Å². The van der Waals surface area contributed by atoms with Crippen molar-refractivity contribution in [2.75, 3.05) is 0 Å². The van der Waals surface area contributed by atoms with Gasteiger partial charge < -0.3 is 0 Å². The zero-order valence-corrected chi connectivity index (χ0v) is 17.8. The first kappa shape index (κ1) is 29.8. The molecule has 0 N–H and O–H groups in total. The molecule has 0 rings (SSSR count). The van der Waals surface area contributed by atoms with E-state index in [-0.39, 0.29) is 78.6 Å². The van der Waals surface area contributed by atoms with Crippen LogP contribution in [0, 0.1) is 0 Å². The van der Waals surface area contributed by atoms with Crippen LogP contribution in [0.1, 0.15) is 0 Å². The van der Waals surface area contributed by atoms with E-state index in [1.165, 1.54) is 0 Å². The van der Waals surface area contributed by atoms with Gasteiger partial charge in [0.1, 0.15) is 0 Å². The van der Waals surface area contributed by atoms with Gasteiger partial charge in [-0.05, 0) is 0 Å². The Labute approximate surface area is 138 Å². The van der Waals surface area contributed by atoms with Crippen molar-refractivity contribution in [1.82, 2.24) is 0 Å². The van der Waals surface area contributed by atoms with Gasteiger partial charge in [0.05, 0.1) is 0 Å². The molecule has 0 aliphatic carbocycles. The summed E-state index contributed by atoms with van der Waals surface area (Å²) in [7, 11) is 0. The van der Waals surface area contributed by atoms with Crippen LogP contribution in [0.25, 0.3) is 0 Å². The van der Waals surface area contributed by atoms with Crippen LogP contribution < -0.4 is 74.2 Å². The van der Waals surface area contributed by atoms with Gasteiger partial charge in [-0.15, -0.1) is 0 Å². The van der Waals surface area contributed by atoms with Crippen molar-refractivity contribution in [3.8, 4) is 0 Å². The minimum Gasteiger partial charge on any atom is 2.00 e. The Morgan fingerprint density at radius 3 is 0.615 bits per heavy atom. The van der Waals surface area contributed by atoms with Gasteiger partial charge in [0.25, 0.3) is 0 Å². The van der Waals surface area contributed by atoms with Crippen molar-refractivity contribution in [3.05, 3.63) is 0 Å². The molecule has 0 amide bonds. The van der Waals surface area contributed by atoms with Gasteiger partial charge >= 0.3 is 141 Å². The van der Waals surface area contributed by atoms with Crippen molar-refractivity contribution in [1.29, 1.82) is 0 Å². The fourth-order valence-corrected chi connectivity index (χ4v) is 0. The molecule has 0 radical (unpaired) electrons. The summed E-state index contributed by atoms with van der Waals surface area (Å²) in [4.78, 5) is 0. The Kier molecular flexibility index (Phi) is 30.0. The Morgan fingerprint density at radius 1 is 0.615 bits per heavy atom. The average Bonchev–Trinajstić information content (AvgIpc) is 1.12. The number of hydrogen-bond acceptors (Lipinski definition) is 8. The van der Waals surface area contributed by atoms with Gasteiger partial charge in [-0.3, -0.25) is 0 Å². The van der Waals surface area contributed by atoms with Gasteiger partial charge in [0, 0.05) is 0 Å². The zero-order valence-electron chi connectivity index (χ0n) is 6.79. The quantitative estimate of drug-likeness (QED) is 0.342. The smallest absolute Gasteiger partial charge is 2.00 e. The first-order chi connectivity index (χ1) is 4.00.